The van der Waals surface area contributed by atoms with E-state index in [4.69, 9.17) is 0 Å². The number of ketones is 1. The van der Waals surface area contributed by atoms with Gasteiger partial charge in [0, 0.05) is 5.69 Å². The minimum atomic E-state index is -0.246. The van der Waals surface area contributed by atoms with E-state index in [1.54, 1.807) is 0 Å². The van der Waals surface area contributed by atoms with E-state index in [9.17, 15) is 9.59 Å². The van der Waals surface area contributed by atoms with Crippen molar-refractivity contribution in [2.45, 2.75) is 65.7 Å². The van der Waals surface area contributed by atoms with E-state index in [1.165, 1.54) is 6.92 Å². The molecule has 0 aliphatic carbocycles. The van der Waals surface area contributed by atoms with E-state index in [0.717, 1.165) is 16.8 Å². The van der Waals surface area contributed by atoms with E-state index in [2.05, 4.69) is 46.9 Å². The molecule has 1 N–H and O–H groups in total. The lowest BCUT2D eigenvalue weighted by Crippen LogP contribution is -2.24. The van der Waals surface area contributed by atoms with Crippen LogP contribution in [0, 0.1) is 0 Å². The number of benzene rings is 1. The second kappa shape index (κ2) is 6.00. The van der Waals surface area contributed by atoms with Gasteiger partial charge in [-0.3, -0.25) is 9.59 Å². The Hall–Kier alpha value is -1.64. The van der Waals surface area contributed by atoms with Crippen LogP contribution < -0.4 is 5.32 Å². The van der Waals surface area contributed by atoms with Crippen LogP contribution in [0.5, 0.6) is 0 Å². The maximum Gasteiger partial charge on any atom is 0.231 e. The quantitative estimate of drug-likeness (QED) is 0.848. The van der Waals surface area contributed by atoms with Crippen molar-refractivity contribution < 1.29 is 9.59 Å². The number of nitrogens with one attached hydrogen (secondary N) is 1. The van der Waals surface area contributed by atoms with Crippen LogP contribution in [0.15, 0.2) is 18.2 Å². The van der Waals surface area contributed by atoms with Crippen molar-refractivity contribution in [2.24, 2.45) is 0 Å². The van der Waals surface area contributed by atoms with Crippen LogP contribution in [0.2, 0.25) is 0 Å². The summed E-state index contributed by atoms with van der Waals surface area (Å²) >= 11 is 0. The molecule has 0 unspecified atom stereocenters. The number of rotatable bonds is 3. The largest absolute Gasteiger partial charge is 0.325 e. The molecular weight excluding hydrogens is 262 g/mol. The molecule has 3 heteroatoms. The van der Waals surface area contributed by atoms with E-state index in [0.29, 0.717) is 0 Å². The molecule has 0 bridgehead atoms. The van der Waals surface area contributed by atoms with Gasteiger partial charge in [-0.25, -0.2) is 0 Å². The average Bonchev–Trinajstić information content (AvgIpc) is 2.24. The Morgan fingerprint density at radius 1 is 0.952 bits per heavy atom. The van der Waals surface area contributed by atoms with Gasteiger partial charge < -0.3 is 5.32 Å². The van der Waals surface area contributed by atoms with Crippen molar-refractivity contribution in [1.29, 1.82) is 0 Å². The van der Waals surface area contributed by atoms with E-state index >= 15 is 0 Å². The van der Waals surface area contributed by atoms with Crippen molar-refractivity contribution in [3.05, 3.63) is 29.3 Å². The van der Waals surface area contributed by atoms with Gasteiger partial charge >= 0.3 is 0 Å². The van der Waals surface area contributed by atoms with Gasteiger partial charge in [-0.05, 0) is 28.9 Å². The fraction of sp³-hybridized carbons (Fsp3) is 0.556. The maximum atomic E-state index is 12.0. The lowest BCUT2D eigenvalue weighted by molar-refractivity contribution is -0.124. The zero-order valence-corrected chi connectivity index (χ0v) is 14.3. The summed E-state index contributed by atoms with van der Waals surface area (Å²) in [6, 6.07) is 6.11. The first-order valence-corrected chi connectivity index (χ1v) is 7.36. The lowest BCUT2D eigenvalue weighted by Gasteiger charge is -2.30. The van der Waals surface area contributed by atoms with Crippen LogP contribution in [0.1, 0.15) is 66.0 Å². The van der Waals surface area contributed by atoms with Gasteiger partial charge in [0.25, 0.3) is 0 Å². The van der Waals surface area contributed by atoms with Gasteiger partial charge in [0.2, 0.25) is 5.91 Å². The number of para-hydroxylation sites is 1. The zero-order valence-electron chi connectivity index (χ0n) is 14.3. The highest BCUT2D eigenvalue weighted by atomic mass is 16.2. The third-order valence-electron chi connectivity index (χ3n) is 3.35. The Balaban J connectivity index is 3.37. The average molecular weight is 289 g/mol. The van der Waals surface area contributed by atoms with Crippen LogP contribution in [0.3, 0.4) is 0 Å². The van der Waals surface area contributed by atoms with Gasteiger partial charge in [0.15, 0.2) is 0 Å². The summed E-state index contributed by atoms with van der Waals surface area (Å²) in [5.41, 5.74) is 2.86. The Morgan fingerprint density at radius 2 is 1.38 bits per heavy atom. The first-order valence-electron chi connectivity index (χ1n) is 7.36. The molecule has 0 spiro atoms. The number of hydrogen-bond donors (Lipinski definition) is 1. The van der Waals surface area contributed by atoms with Crippen molar-refractivity contribution in [1.82, 2.24) is 0 Å². The number of carbonyl (C=O) groups is 2. The van der Waals surface area contributed by atoms with Crippen LogP contribution in [0.4, 0.5) is 5.69 Å². The number of carbonyl (C=O) groups excluding carboxylic acids is 2. The van der Waals surface area contributed by atoms with Gasteiger partial charge in [0.05, 0.1) is 6.42 Å². The molecular formula is C18H27NO2. The van der Waals surface area contributed by atoms with Crippen LogP contribution in [-0.2, 0) is 20.4 Å². The number of hydrogen-bond acceptors (Lipinski definition) is 2. The summed E-state index contributed by atoms with van der Waals surface area (Å²) in [7, 11) is 0. The molecule has 0 saturated carbocycles. The zero-order chi connectivity index (χ0) is 16.4. The topological polar surface area (TPSA) is 46.2 Å². The molecule has 0 saturated heterocycles. The second-order valence-electron chi connectivity index (χ2n) is 7.66. The van der Waals surface area contributed by atoms with Crippen molar-refractivity contribution in [3.63, 3.8) is 0 Å². The van der Waals surface area contributed by atoms with E-state index < -0.39 is 0 Å². The smallest absolute Gasteiger partial charge is 0.231 e. The summed E-state index contributed by atoms with van der Waals surface area (Å²) in [6.45, 7) is 14.2. The molecule has 116 valence electrons. The molecule has 21 heavy (non-hydrogen) atoms. The van der Waals surface area contributed by atoms with Gasteiger partial charge in [-0.15, -0.1) is 0 Å². The molecule has 1 aromatic rings. The Kier molecular flexibility index (Phi) is 4.98. The van der Waals surface area contributed by atoms with Crippen molar-refractivity contribution >= 4 is 17.4 Å². The molecule has 0 aliphatic heterocycles. The molecule has 1 rings (SSSR count). The molecule has 3 nitrogen and oxygen atoms in total. The minimum Gasteiger partial charge on any atom is -0.325 e. The van der Waals surface area contributed by atoms with Gasteiger partial charge in [0.1, 0.15) is 5.78 Å². The number of amides is 1. The molecule has 0 heterocycles. The van der Waals surface area contributed by atoms with Crippen molar-refractivity contribution in [2.75, 3.05) is 5.32 Å². The van der Waals surface area contributed by atoms with Gasteiger partial charge in [-0.1, -0.05) is 59.7 Å². The standard InChI is InChI=1S/C18H27NO2/c1-12(20)11-15(21)19-16-13(17(2,3)4)9-8-10-14(16)18(5,6)7/h8-10H,11H2,1-7H3,(H,19,21). The molecule has 0 atom stereocenters. The molecule has 0 fully saturated rings. The Labute approximate surface area is 128 Å². The SMILES string of the molecule is CC(=O)CC(=O)Nc1c(C(C)(C)C)cccc1C(C)(C)C. The van der Waals surface area contributed by atoms with Crippen LogP contribution in [-0.4, -0.2) is 11.7 Å². The van der Waals surface area contributed by atoms with Gasteiger partial charge in [-0.2, -0.15) is 0 Å². The third-order valence-corrected chi connectivity index (χ3v) is 3.35. The Morgan fingerprint density at radius 3 is 1.71 bits per heavy atom. The Bertz CT molecular complexity index is 513. The minimum absolute atomic E-state index is 0.0813. The first-order chi connectivity index (χ1) is 9.43. The summed E-state index contributed by atoms with van der Waals surface area (Å²) in [5.74, 6) is -0.372. The monoisotopic (exact) mass is 289 g/mol. The summed E-state index contributed by atoms with van der Waals surface area (Å²) in [5, 5.41) is 2.96. The highest BCUT2D eigenvalue weighted by molar-refractivity contribution is 6.04. The summed E-state index contributed by atoms with van der Waals surface area (Å²) in [6.07, 6.45) is -0.0813. The fourth-order valence-electron chi connectivity index (χ4n) is 2.35. The predicted octanol–water partition coefficient (Wildman–Crippen LogP) is 4.20. The highest BCUT2D eigenvalue weighted by Crippen LogP contribution is 2.37. The number of anilines is 1. The third kappa shape index (κ3) is 4.69. The second-order valence-corrected chi connectivity index (χ2v) is 7.66. The molecule has 0 aliphatic rings. The molecule has 0 radical (unpaired) electrons. The fourth-order valence-corrected chi connectivity index (χ4v) is 2.35. The van der Waals surface area contributed by atoms with Crippen LogP contribution >= 0.6 is 0 Å². The maximum absolute atomic E-state index is 12.0. The predicted molar refractivity (Wildman–Crippen MR) is 87.8 cm³/mol. The first kappa shape index (κ1) is 17.4. The molecule has 1 amide bonds. The van der Waals surface area contributed by atoms with E-state index in [-0.39, 0.29) is 28.9 Å². The number of Topliss-reactive ketones (excluding diaryl/α,β-unsaturated/α-hetero) is 1. The summed E-state index contributed by atoms with van der Waals surface area (Å²) < 4.78 is 0. The molecule has 1 aromatic carbocycles. The lowest BCUT2D eigenvalue weighted by atomic mass is 9.78. The highest BCUT2D eigenvalue weighted by Gasteiger charge is 2.26. The van der Waals surface area contributed by atoms with E-state index in [1.807, 2.05) is 18.2 Å². The molecule has 0 aromatic heterocycles. The summed E-state index contributed by atoms with van der Waals surface area (Å²) in [4.78, 5) is 23.2. The normalized spacial score (nSPS) is 12.1. The van der Waals surface area contributed by atoms with Crippen LogP contribution in [0.25, 0.3) is 0 Å². The van der Waals surface area contributed by atoms with Crippen molar-refractivity contribution in [3.8, 4) is 0 Å².